The van der Waals surface area contributed by atoms with Crippen molar-refractivity contribution in [2.45, 2.75) is 58.4 Å². The van der Waals surface area contributed by atoms with Gasteiger partial charge in [-0.25, -0.2) is 0 Å². The molecule has 1 aliphatic carbocycles. The van der Waals surface area contributed by atoms with Crippen molar-refractivity contribution in [3.63, 3.8) is 0 Å². The highest BCUT2D eigenvalue weighted by Crippen LogP contribution is 2.23. The minimum absolute atomic E-state index is 0.0437. The molecule has 104 valence electrons. The van der Waals surface area contributed by atoms with E-state index in [2.05, 4.69) is 10.5 Å². The molecular formula is C13H25N3O2. The third kappa shape index (κ3) is 4.20. The van der Waals surface area contributed by atoms with Gasteiger partial charge in [-0.1, -0.05) is 44.7 Å². The molecule has 0 aromatic heterocycles. The Kier molecular flexibility index (Phi) is 5.95. The van der Waals surface area contributed by atoms with Crippen LogP contribution in [-0.4, -0.2) is 23.0 Å². The van der Waals surface area contributed by atoms with Gasteiger partial charge in [0.1, 0.15) is 0 Å². The number of rotatable bonds is 4. The molecule has 1 atom stereocenters. The zero-order valence-corrected chi connectivity index (χ0v) is 11.4. The Labute approximate surface area is 109 Å². The van der Waals surface area contributed by atoms with Crippen molar-refractivity contribution in [1.82, 2.24) is 5.32 Å². The van der Waals surface area contributed by atoms with Crippen molar-refractivity contribution in [3.8, 4) is 0 Å². The normalized spacial score (nSPS) is 20.5. The topological polar surface area (TPSA) is 87.7 Å². The summed E-state index contributed by atoms with van der Waals surface area (Å²) in [6.45, 7) is 3.88. The van der Waals surface area contributed by atoms with Crippen LogP contribution in [-0.2, 0) is 4.79 Å². The molecule has 1 rings (SSSR count). The number of amides is 1. The molecule has 5 heteroatoms. The molecule has 4 N–H and O–H groups in total. The summed E-state index contributed by atoms with van der Waals surface area (Å²) in [7, 11) is 0. The minimum atomic E-state index is -0.384. The molecule has 1 saturated carbocycles. The number of amidine groups is 1. The molecule has 0 radical (unpaired) electrons. The highest BCUT2D eigenvalue weighted by molar-refractivity contribution is 5.90. The Morgan fingerprint density at radius 2 is 1.83 bits per heavy atom. The number of hydrogen-bond acceptors (Lipinski definition) is 3. The summed E-state index contributed by atoms with van der Waals surface area (Å²) in [5.74, 6) is 0.310. The third-order valence-corrected chi connectivity index (χ3v) is 3.62. The van der Waals surface area contributed by atoms with Gasteiger partial charge in [0.2, 0.25) is 5.91 Å². The van der Waals surface area contributed by atoms with Gasteiger partial charge in [0, 0.05) is 5.92 Å². The summed E-state index contributed by atoms with van der Waals surface area (Å²) in [4.78, 5) is 12.2. The van der Waals surface area contributed by atoms with Crippen LogP contribution in [0.15, 0.2) is 5.16 Å². The van der Waals surface area contributed by atoms with Crippen LogP contribution < -0.4 is 11.1 Å². The fourth-order valence-corrected chi connectivity index (χ4v) is 2.46. The molecule has 1 fully saturated rings. The molecule has 18 heavy (non-hydrogen) atoms. The smallest absolute Gasteiger partial charge is 0.223 e. The van der Waals surface area contributed by atoms with Crippen LogP contribution in [0.1, 0.15) is 52.4 Å². The summed E-state index contributed by atoms with van der Waals surface area (Å²) in [6.07, 6.45) is 6.58. The predicted octanol–water partition coefficient (Wildman–Crippen LogP) is 1.84. The summed E-state index contributed by atoms with van der Waals surface area (Å²) in [6, 6.07) is -0.384. The minimum Gasteiger partial charge on any atom is -0.409 e. The molecule has 1 aliphatic rings. The summed E-state index contributed by atoms with van der Waals surface area (Å²) < 4.78 is 0. The number of nitrogens with one attached hydrogen (secondary N) is 1. The number of nitrogens with zero attached hydrogens (tertiary/aromatic N) is 1. The zero-order chi connectivity index (χ0) is 13.5. The first-order chi connectivity index (χ1) is 8.56. The third-order valence-electron chi connectivity index (χ3n) is 3.62. The van der Waals surface area contributed by atoms with Crippen molar-refractivity contribution in [2.75, 3.05) is 0 Å². The molecule has 5 nitrogen and oxygen atoms in total. The van der Waals surface area contributed by atoms with Gasteiger partial charge >= 0.3 is 0 Å². The standard InChI is InChI=1S/C13H25N3O2/c1-9(2)11(12(14)16-18)15-13(17)10-7-5-3-4-6-8-10/h9-11,18H,3-8H2,1-2H3,(H2,14,16)(H,15,17). The number of carbonyl (C=O) groups is 1. The quantitative estimate of drug-likeness (QED) is 0.235. The van der Waals surface area contributed by atoms with Gasteiger partial charge in [-0.2, -0.15) is 0 Å². The van der Waals surface area contributed by atoms with Crippen LogP contribution in [0.4, 0.5) is 0 Å². The maximum absolute atomic E-state index is 12.2. The van der Waals surface area contributed by atoms with Crippen LogP contribution in [0.2, 0.25) is 0 Å². The Morgan fingerprint density at radius 1 is 1.28 bits per heavy atom. The van der Waals surface area contributed by atoms with Gasteiger partial charge in [-0.05, 0) is 18.8 Å². The van der Waals surface area contributed by atoms with E-state index < -0.39 is 0 Å². The first-order valence-corrected chi connectivity index (χ1v) is 6.84. The van der Waals surface area contributed by atoms with Crippen LogP contribution >= 0.6 is 0 Å². The van der Waals surface area contributed by atoms with Crippen LogP contribution in [0.3, 0.4) is 0 Å². The highest BCUT2D eigenvalue weighted by Gasteiger charge is 2.26. The van der Waals surface area contributed by atoms with E-state index in [1.165, 1.54) is 12.8 Å². The van der Waals surface area contributed by atoms with Crippen molar-refractivity contribution < 1.29 is 10.0 Å². The Hall–Kier alpha value is -1.26. The monoisotopic (exact) mass is 255 g/mol. The average molecular weight is 255 g/mol. The molecule has 1 unspecified atom stereocenters. The lowest BCUT2D eigenvalue weighted by Crippen LogP contribution is -2.49. The zero-order valence-electron chi connectivity index (χ0n) is 11.4. The lowest BCUT2D eigenvalue weighted by molar-refractivity contribution is -0.125. The molecule has 0 bridgehead atoms. The van der Waals surface area contributed by atoms with Crippen LogP contribution in [0.5, 0.6) is 0 Å². The number of carbonyl (C=O) groups excluding carboxylic acids is 1. The first kappa shape index (κ1) is 14.8. The first-order valence-electron chi connectivity index (χ1n) is 6.84. The van der Waals surface area contributed by atoms with E-state index in [1.807, 2.05) is 13.8 Å². The highest BCUT2D eigenvalue weighted by atomic mass is 16.4. The fraction of sp³-hybridized carbons (Fsp3) is 0.846. The van der Waals surface area contributed by atoms with Gasteiger partial charge in [-0.15, -0.1) is 0 Å². The summed E-state index contributed by atoms with van der Waals surface area (Å²) in [5.41, 5.74) is 5.61. The summed E-state index contributed by atoms with van der Waals surface area (Å²) >= 11 is 0. The van der Waals surface area contributed by atoms with Crippen LogP contribution in [0, 0.1) is 11.8 Å². The number of nitrogens with two attached hydrogens (primary N) is 1. The molecule has 0 aromatic rings. The Morgan fingerprint density at radius 3 is 2.28 bits per heavy atom. The fourth-order valence-electron chi connectivity index (χ4n) is 2.46. The molecular weight excluding hydrogens is 230 g/mol. The molecule has 0 spiro atoms. The van der Waals surface area contributed by atoms with E-state index >= 15 is 0 Å². The number of oxime groups is 1. The van der Waals surface area contributed by atoms with Gasteiger partial charge in [0.05, 0.1) is 6.04 Å². The second-order valence-electron chi connectivity index (χ2n) is 5.44. The molecule has 0 saturated heterocycles. The van der Waals surface area contributed by atoms with Crippen molar-refractivity contribution >= 4 is 11.7 Å². The maximum Gasteiger partial charge on any atom is 0.223 e. The molecule has 1 amide bonds. The number of hydrogen-bond donors (Lipinski definition) is 3. The van der Waals surface area contributed by atoms with E-state index in [-0.39, 0.29) is 29.6 Å². The predicted molar refractivity (Wildman–Crippen MR) is 71.4 cm³/mol. The van der Waals surface area contributed by atoms with Crippen molar-refractivity contribution in [2.24, 2.45) is 22.7 Å². The largest absolute Gasteiger partial charge is 0.409 e. The lowest BCUT2D eigenvalue weighted by atomic mass is 9.97. The van der Waals surface area contributed by atoms with Gasteiger partial charge in [0.25, 0.3) is 0 Å². The van der Waals surface area contributed by atoms with Gasteiger partial charge < -0.3 is 16.3 Å². The second-order valence-corrected chi connectivity index (χ2v) is 5.44. The van der Waals surface area contributed by atoms with Crippen molar-refractivity contribution in [3.05, 3.63) is 0 Å². The molecule has 0 aromatic carbocycles. The van der Waals surface area contributed by atoms with E-state index in [4.69, 9.17) is 10.9 Å². The average Bonchev–Trinajstić information content (AvgIpc) is 2.63. The van der Waals surface area contributed by atoms with Gasteiger partial charge in [-0.3, -0.25) is 4.79 Å². The van der Waals surface area contributed by atoms with Crippen molar-refractivity contribution in [1.29, 1.82) is 0 Å². The van der Waals surface area contributed by atoms with Crippen LogP contribution in [0.25, 0.3) is 0 Å². The van der Waals surface area contributed by atoms with E-state index in [9.17, 15) is 4.79 Å². The van der Waals surface area contributed by atoms with E-state index in [0.29, 0.717) is 0 Å². The lowest BCUT2D eigenvalue weighted by Gasteiger charge is -2.23. The Bertz CT molecular complexity index is 295. The SMILES string of the molecule is CC(C)C(NC(=O)C1CCCCCC1)C(N)=NO. The second kappa shape index (κ2) is 7.24. The van der Waals surface area contributed by atoms with E-state index in [0.717, 1.165) is 25.7 Å². The Balaban J connectivity index is 2.59. The molecule has 0 aliphatic heterocycles. The summed E-state index contributed by atoms with van der Waals surface area (Å²) in [5, 5.41) is 14.7. The van der Waals surface area contributed by atoms with Gasteiger partial charge in [0.15, 0.2) is 5.84 Å². The molecule has 0 heterocycles. The van der Waals surface area contributed by atoms with E-state index in [1.54, 1.807) is 0 Å². The maximum atomic E-state index is 12.2.